The van der Waals surface area contributed by atoms with Crippen LogP contribution in [-0.2, 0) is 0 Å². The molecule has 0 amide bonds. The normalized spacial score (nSPS) is 11.6. The summed E-state index contributed by atoms with van der Waals surface area (Å²) in [4.78, 5) is 8.23. The van der Waals surface area contributed by atoms with Gasteiger partial charge in [-0.25, -0.2) is 4.85 Å². The van der Waals surface area contributed by atoms with E-state index >= 15 is 0 Å². The van der Waals surface area contributed by atoms with Gasteiger partial charge in [0, 0.05) is 53.9 Å². The summed E-state index contributed by atoms with van der Waals surface area (Å²) in [5.41, 5.74) is 9.30. The number of benzene rings is 6. The van der Waals surface area contributed by atoms with Gasteiger partial charge in [-0.15, -0.1) is 11.3 Å². The number of pyridine rings is 1. The summed E-state index contributed by atoms with van der Waals surface area (Å²) >= 11 is 1.82. The van der Waals surface area contributed by atoms with Crippen molar-refractivity contribution in [1.82, 2.24) is 14.1 Å². The molecule has 6 heteroatoms. The van der Waals surface area contributed by atoms with E-state index in [4.69, 9.17) is 6.57 Å². The van der Waals surface area contributed by atoms with Gasteiger partial charge in [0.05, 0.1) is 46.5 Å². The lowest BCUT2D eigenvalue weighted by atomic mass is 10.0. The highest BCUT2D eigenvalue weighted by Crippen LogP contribution is 2.43. The van der Waals surface area contributed by atoms with Crippen LogP contribution in [0.2, 0.25) is 0 Å². The number of fused-ring (bicyclic) bond motifs is 10. The molecule has 0 aliphatic heterocycles. The van der Waals surface area contributed by atoms with Crippen LogP contribution in [0.5, 0.6) is 0 Å². The quantitative estimate of drug-likeness (QED) is 0.180. The maximum absolute atomic E-state index is 10.2. The molecule has 0 saturated heterocycles. The highest BCUT2D eigenvalue weighted by molar-refractivity contribution is 7.26. The monoisotopic (exact) mass is 641 g/mol. The van der Waals surface area contributed by atoms with Crippen molar-refractivity contribution in [3.05, 3.63) is 157 Å². The summed E-state index contributed by atoms with van der Waals surface area (Å²) in [6, 6.07) is 46.3. The van der Waals surface area contributed by atoms with Gasteiger partial charge in [-0.2, -0.15) is 5.26 Å². The van der Waals surface area contributed by atoms with Gasteiger partial charge in [-0.1, -0.05) is 60.7 Å². The van der Waals surface area contributed by atoms with Crippen molar-refractivity contribution in [2.45, 2.75) is 0 Å². The zero-order chi connectivity index (χ0) is 32.6. The molecule has 4 aromatic heterocycles. The zero-order valence-corrected chi connectivity index (χ0v) is 26.7. The van der Waals surface area contributed by atoms with Crippen LogP contribution in [0.25, 0.3) is 91.1 Å². The van der Waals surface area contributed by atoms with E-state index in [1.165, 1.54) is 31.1 Å². The maximum Gasteiger partial charge on any atom is 0.188 e. The van der Waals surface area contributed by atoms with Gasteiger partial charge < -0.3 is 9.13 Å². The first kappa shape index (κ1) is 27.4. The van der Waals surface area contributed by atoms with Crippen LogP contribution >= 0.6 is 11.3 Å². The zero-order valence-electron chi connectivity index (χ0n) is 25.9. The molecule has 226 valence electrons. The summed E-state index contributed by atoms with van der Waals surface area (Å²) in [5, 5.41) is 17.2. The fraction of sp³-hybridized carbons (Fsp3) is 0. The number of nitriles is 1. The van der Waals surface area contributed by atoms with Crippen molar-refractivity contribution in [3.63, 3.8) is 0 Å². The molecule has 0 saturated carbocycles. The smallest absolute Gasteiger partial charge is 0.188 e. The number of aromatic nitrogens is 3. The van der Waals surface area contributed by atoms with E-state index < -0.39 is 0 Å². The lowest BCUT2D eigenvalue weighted by Crippen LogP contribution is -1.97. The number of nitrogens with zero attached hydrogens (tertiary/aromatic N) is 5. The van der Waals surface area contributed by atoms with Gasteiger partial charge in [0.2, 0.25) is 0 Å². The average Bonchev–Trinajstić information content (AvgIpc) is 3.82. The summed E-state index contributed by atoms with van der Waals surface area (Å²) < 4.78 is 7.07. The molecule has 6 aromatic carbocycles. The molecule has 0 aliphatic carbocycles. The minimum absolute atomic E-state index is 0.578. The molecule has 0 aliphatic rings. The fourth-order valence-electron chi connectivity index (χ4n) is 7.53. The third-order valence-corrected chi connectivity index (χ3v) is 10.7. The molecular weight excluding hydrogens is 619 g/mol. The Kier molecular flexibility index (Phi) is 5.81. The Bertz CT molecular complexity index is 3090. The summed E-state index contributed by atoms with van der Waals surface area (Å²) in [6.07, 6.45) is 3.82. The van der Waals surface area contributed by atoms with Crippen molar-refractivity contribution < 1.29 is 0 Å². The van der Waals surface area contributed by atoms with Crippen LogP contribution in [0.15, 0.2) is 140 Å². The molecule has 10 rings (SSSR count). The largest absolute Gasteiger partial charge is 0.309 e. The lowest BCUT2D eigenvalue weighted by molar-refractivity contribution is 1.17. The average molecular weight is 642 g/mol. The van der Waals surface area contributed by atoms with Crippen molar-refractivity contribution in [2.24, 2.45) is 0 Å². The first-order valence-corrected chi connectivity index (χ1v) is 16.8. The molecule has 0 atom stereocenters. The second kappa shape index (κ2) is 10.4. The first-order valence-electron chi connectivity index (χ1n) is 16.0. The highest BCUT2D eigenvalue weighted by Gasteiger charge is 2.19. The number of para-hydroxylation sites is 1. The van der Waals surface area contributed by atoms with Crippen LogP contribution in [0.1, 0.15) is 5.56 Å². The van der Waals surface area contributed by atoms with Crippen LogP contribution in [0.4, 0.5) is 5.69 Å². The predicted octanol–water partition coefficient (Wildman–Crippen LogP) is 11.7. The lowest BCUT2D eigenvalue weighted by Gasteiger charge is -2.14. The Hall–Kier alpha value is -6.73. The third kappa shape index (κ3) is 3.99. The second-order valence-corrected chi connectivity index (χ2v) is 13.3. The molecule has 0 fully saturated rings. The van der Waals surface area contributed by atoms with Gasteiger partial charge in [0.25, 0.3) is 0 Å². The standard InChI is InChI=1S/C43H23N5S/c1-45-29-13-15-38-36(23-29)32-9-2-4-11-37(32)47(38)31-20-26(24-44)19-28(22-31)27-7-6-8-30(21-27)48-39-25-46-18-17-33(39)34-14-16-41-42(43(34)48)35-10-3-5-12-40(35)49-41/h2-23,25H. The van der Waals surface area contributed by atoms with Crippen molar-refractivity contribution >= 4 is 80.8 Å². The summed E-state index contributed by atoms with van der Waals surface area (Å²) in [6.45, 7) is 7.58. The molecule has 0 radical (unpaired) electrons. The van der Waals surface area contributed by atoms with Gasteiger partial charge in [-0.05, 0) is 83.2 Å². The molecule has 49 heavy (non-hydrogen) atoms. The topological polar surface area (TPSA) is 50.9 Å². The minimum Gasteiger partial charge on any atom is -0.309 e. The second-order valence-electron chi connectivity index (χ2n) is 12.3. The Morgan fingerprint density at radius 1 is 0.612 bits per heavy atom. The molecule has 0 unspecified atom stereocenters. The van der Waals surface area contributed by atoms with Crippen molar-refractivity contribution in [3.8, 4) is 28.6 Å². The molecular formula is C43H23N5S. The van der Waals surface area contributed by atoms with Gasteiger partial charge >= 0.3 is 0 Å². The molecule has 0 N–H and O–H groups in total. The number of hydrogen-bond acceptors (Lipinski definition) is 3. The minimum atomic E-state index is 0.578. The van der Waals surface area contributed by atoms with E-state index in [0.29, 0.717) is 11.3 Å². The summed E-state index contributed by atoms with van der Waals surface area (Å²) in [5.74, 6) is 0. The SMILES string of the molecule is [C-]#[N+]c1ccc2c(c1)c1ccccc1n2-c1cc(C#N)cc(-c2cccc(-n3c4cnccc4c4ccc5sc6ccccc6c5c43)c2)c1. The van der Waals surface area contributed by atoms with Crippen LogP contribution in [0.3, 0.4) is 0 Å². The van der Waals surface area contributed by atoms with Crippen molar-refractivity contribution in [1.29, 1.82) is 5.26 Å². The van der Waals surface area contributed by atoms with Crippen molar-refractivity contribution in [2.75, 3.05) is 0 Å². The van der Waals surface area contributed by atoms with Gasteiger partial charge in [-0.3, -0.25) is 4.98 Å². The molecule has 10 aromatic rings. The number of thiophene rings is 1. The van der Waals surface area contributed by atoms with E-state index in [2.05, 4.69) is 110 Å². The highest BCUT2D eigenvalue weighted by atomic mass is 32.1. The maximum atomic E-state index is 10.2. The summed E-state index contributed by atoms with van der Waals surface area (Å²) in [7, 11) is 0. The van der Waals surface area contributed by atoms with Crippen LogP contribution in [0, 0.1) is 17.9 Å². The van der Waals surface area contributed by atoms with E-state index in [-0.39, 0.29) is 0 Å². The van der Waals surface area contributed by atoms with E-state index in [1.54, 1.807) is 0 Å². The van der Waals surface area contributed by atoms with Crippen LogP contribution in [-0.4, -0.2) is 14.1 Å². The third-order valence-electron chi connectivity index (χ3n) is 9.60. The van der Waals surface area contributed by atoms with E-state index in [1.807, 2.05) is 66.2 Å². The molecule has 5 nitrogen and oxygen atoms in total. The first-order chi connectivity index (χ1) is 24.2. The molecule has 0 spiro atoms. The van der Waals surface area contributed by atoms with E-state index in [0.717, 1.165) is 55.2 Å². The Labute approximate surface area is 284 Å². The Balaban J connectivity index is 1.22. The predicted molar refractivity (Wildman–Crippen MR) is 202 cm³/mol. The fourth-order valence-corrected chi connectivity index (χ4v) is 8.64. The van der Waals surface area contributed by atoms with Gasteiger partial charge in [0.1, 0.15) is 0 Å². The Morgan fingerprint density at radius 3 is 2.33 bits per heavy atom. The molecule has 0 bridgehead atoms. The molecule has 4 heterocycles. The Morgan fingerprint density at radius 2 is 1.43 bits per heavy atom. The number of rotatable bonds is 3. The van der Waals surface area contributed by atoms with Crippen LogP contribution < -0.4 is 0 Å². The van der Waals surface area contributed by atoms with Gasteiger partial charge in [0.15, 0.2) is 5.69 Å². The number of hydrogen-bond donors (Lipinski definition) is 0. The van der Waals surface area contributed by atoms with E-state index in [9.17, 15) is 5.26 Å².